The molecule has 9 aromatic rings. The normalized spacial score (nSPS) is 13.9. The van der Waals surface area contributed by atoms with Gasteiger partial charge in [0.1, 0.15) is 11.4 Å². The molecule has 0 spiro atoms. The predicted molar refractivity (Wildman–Crippen MR) is 194 cm³/mol. The molecule has 0 amide bonds. The van der Waals surface area contributed by atoms with Crippen molar-refractivity contribution in [1.29, 1.82) is 0 Å². The van der Waals surface area contributed by atoms with Crippen LogP contribution in [0, 0.1) is 0 Å². The van der Waals surface area contributed by atoms with Crippen LogP contribution in [-0.4, -0.2) is 9.97 Å². The van der Waals surface area contributed by atoms with Gasteiger partial charge in [0.15, 0.2) is 5.58 Å². The molecule has 0 saturated carbocycles. The molecule has 1 aliphatic rings. The monoisotopic (exact) mass is 603 g/mol. The SMILES string of the molecule is CC1(C)c2ccccc2N(c2ccc3ccc4ccc(-c5ccccc5)nc4c3n2)c2c1c1ccccc1c1c2oc2ccccc21. The first kappa shape index (κ1) is 26.2. The highest BCUT2D eigenvalue weighted by Crippen LogP contribution is 2.57. The summed E-state index contributed by atoms with van der Waals surface area (Å²) >= 11 is 0. The Morgan fingerprint density at radius 1 is 0.574 bits per heavy atom. The summed E-state index contributed by atoms with van der Waals surface area (Å²) in [6.45, 7) is 4.67. The molecule has 0 unspecified atom stereocenters. The number of nitrogens with zero attached hydrogens (tertiary/aromatic N) is 3. The summed E-state index contributed by atoms with van der Waals surface area (Å²) in [5.41, 5.74) is 9.89. The number of fused-ring (bicyclic) bond motifs is 12. The Labute approximate surface area is 271 Å². The van der Waals surface area contributed by atoms with Crippen molar-refractivity contribution in [1.82, 2.24) is 9.97 Å². The van der Waals surface area contributed by atoms with Crippen molar-refractivity contribution < 1.29 is 4.42 Å². The highest BCUT2D eigenvalue weighted by atomic mass is 16.3. The van der Waals surface area contributed by atoms with E-state index in [1.54, 1.807) is 0 Å². The number of benzene rings is 6. The third-order valence-electron chi connectivity index (χ3n) is 9.98. The van der Waals surface area contributed by atoms with Crippen LogP contribution < -0.4 is 4.90 Å². The lowest BCUT2D eigenvalue weighted by atomic mass is 9.71. The molecule has 10 rings (SSSR count). The van der Waals surface area contributed by atoms with Crippen molar-refractivity contribution in [3.63, 3.8) is 0 Å². The number of hydrogen-bond donors (Lipinski definition) is 0. The fourth-order valence-corrected chi connectivity index (χ4v) is 7.83. The van der Waals surface area contributed by atoms with Crippen molar-refractivity contribution >= 4 is 71.7 Å². The Balaban J connectivity index is 1.33. The van der Waals surface area contributed by atoms with Gasteiger partial charge < -0.3 is 4.42 Å². The lowest BCUT2D eigenvalue weighted by Gasteiger charge is -2.42. The summed E-state index contributed by atoms with van der Waals surface area (Å²) in [5.74, 6) is 0.832. The number of hydrogen-bond acceptors (Lipinski definition) is 4. The van der Waals surface area contributed by atoms with Crippen LogP contribution in [0.3, 0.4) is 0 Å². The number of pyridine rings is 2. The van der Waals surface area contributed by atoms with Crippen LogP contribution in [0.15, 0.2) is 144 Å². The van der Waals surface area contributed by atoms with E-state index in [0.29, 0.717) is 0 Å². The fourth-order valence-electron chi connectivity index (χ4n) is 7.83. The average Bonchev–Trinajstić information content (AvgIpc) is 3.52. The lowest BCUT2D eigenvalue weighted by Crippen LogP contribution is -2.31. The molecule has 0 fully saturated rings. The second-order valence-electron chi connectivity index (χ2n) is 13.0. The molecule has 0 saturated heterocycles. The number of rotatable bonds is 2. The topological polar surface area (TPSA) is 42.2 Å². The molecule has 4 heteroatoms. The van der Waals surface area contributed by atoms with E-state index in [4.69, 9.17) is 14.4 Å². The Morgan fingerprint density at radius 2 is 1.21 bits per heavy atom. The molecule has 0 aliphatic carbocycles. The largest absolute Gasteiger partial charge is 0.454 e. The minimum Gasteiger partial charge on any atom is -0.454 e. The van der Waals surface area contributed by atoms with Crippen LogP contribution in [0.25, 0.3) is 65.8 Å². The second-order valence-corrected chi connectivity index (χ2v) is 13.0. The summed E-state index contributed by atoms with van der Waals surface area (Å²) < 4.78 is 6.86. The van der Waals surface area contributed by atoms with Gasteiger partial charge in [-0.3, -0.25) is 4.90 Å². The summed E-state index contributed by atoms with van der Waals surface area (Å²) in [7, 11) is 0. The molecule has 0 bridgehead atoms. The first-order valence-electron chi connectivity index (χ1n) is 16.1. The molecule has 47 heavy (non-hydrogen) atoms. The van der Waals surface area contributed by atoms with E-state index in [1.165, 1.54) is 21.9 Å². The molecule has 1 aliphatic heterocycles. The highest BCUT2D eigenvalue weighted by molar-refractivity contribution is 6.25. The van der Waals surface area contributed by atoms with E-state index in [0.717, 1.165) is 72.2 Å². The van der Waals surface area contributed by atoms with Crippen LogP contribution in [-0.2, 0) is 5.41 Å². The molecule has 4 heterocycles. The standard InChI is InChI=1S/C43H29N3O/c1-43(2)32-17-9-10-18-34(32)46(41-38(43)30-15-7-6-14-29(30)37-31-16-8-11-19-35(31)47-42(37)41)36-25-23-28-21-20-27-22-24-33(26-12-4-3-5-13-26)44-39(27)40(28)45-36/h3-25H,1-2H3. The lowest BCUT2D eigenvalue weighted by molar-refractivity contribution is 0.628. The summed E-state index contributed by atoms with van der Waals surface area (Å²) in [5, 5.41) is 6.80. The average molecular weight is 604 g/mol. The van der Waals surface area contributed by atoms with E-state index < -0.39 is 0 Å². The van der Waals surface area contributed by atoms with Crippen LogP contribution in [0.5, 0.6) is 0 Å². The third-order valence-corrected chi connectivity index (χ3v) is 9.98. The predicted octanol–water partition coefficient (Wildman–Crippen LogP) is 11.6. The molecule has 3 aromatic heterocycles. The molecule has 0 radical (unpaired) electrons. The van der Waals surface area contributed by atoms with E-state index in [9.17, 15) is 0 Å². The van der Waals surface area contributed by atoms with Gasteiger partial charge in [-0.05, 0) is 52.2 Å². The van der Waals surface area contributed by atoms with Gasteiger partial charge in [0.05, 0.1) is 28.1 Å². The van der Waals surface area contributed by atoms with Gasteiger partial charge in [0.2, 0.25) is 0 Å². The Morgan fingerprint density at radius 3 is 2.04 bits per heavy atom. The summed E-state index contributed by atoms with van der Waals surface area (Å²) in [4.78, 5) is 13.0. The minimum absolute atomic E-state index is 0.301. The molecule has 0 N–H and O–H groups in total. The van der Waals surface area contributed by atoms with Crippen LogP contribution in [0.4, 0.5) is 17.2 Å². The third kappa shape index (κ3) is 3.64. The fraction of sp³-hybridized carbons (Fsp3) is 0.0698. The Kier molecular flexibility index (Phi) is 5.31. The molecule has 0 atom stereocenters. The number of aromatic nitrogens is 2. The van der Waals surface area contributed by atoms with Crippen LogP contribution in [0.2, 0.25) is 0 Å². The minimum atomic E-state index is -0.301. The van der Waals surface area contributed by atoms with E-state index in [-0.39, 0.29) is 5.41 Å². The van der Waals surface area contributed by atoms with Crippen LogP contribution in [0.1, 0.15) is 25.0 Å². The van der Waals surface area contributed by atoms with Gasteiger partial charge in [0, 0.05) is 32.5 Å². The number of furan rings is 1. The Hall–Kier alpha value is -6.00. The maximum atomic E-state index is 6.86. The highest BCUT2D eigenvalue weighted by Gasteiger charge is 2.41. The quantitative estimate of drug-likeness (QED) is 0.184. The van der Waals surface area contributed by atoms with Gasteiger partial charge in [-0.15, -0.1) is 0 Å². The molecular weight excluding hydrogens is 574 g/mol. The summed E-state index contributed by atoms with van der Waals surface area (Å²) in [6.07, 6.45) is 0. The van der Waals surface area contributed by atoms with Gasteiger partial charge in [-0.1, -0.05) is 123 Å². The van der Waals surface area contributed by atoms with Gasteiger partial charge in [-0.2, -0.15) is 0 Å². The van der Waals surface area contributed by atoms with Gasteiger partial charge in [-0.25, -0.2) is 9.97 Å². The zero-order chi connectivity index (χ0) is 31.3. The van der Waals surface area contributed by atoms with Crippen molar-refractivity contribution in [2.75, 3.05) is 4.90 Å². The maximum Gasteiger partial charge on any atom is 0.160 e. The van der Waals surface area contributed by atoms with Crippen molar-refractivity contribution in [3.8, 4) is 11.3 Å². The van der Waals surface area contributed by atoms with Crippen molar-refractivity contribution in [2.45, 2.75) is 19.3 Å². The van der Waals surface area contributed by atoms with E-state index >= 15 is 0 Å². The van der Waals surface area contributed by atoms with Crippen LogP contribution >= 0.6 is 0 Å². The van der Waals surface area contributed by atoms with Gasteiger partial charge in [0.25, 0.3) is 0 Å². The van der Waals surface area contributed by atoms with Crippen molar-refractivity contribution in [2.24, 2.45) is 0 Å². The molecule has 222 valence electrons. The second kappa shape index (κ2) is 9.51. The molecule has 4 nitrogen and oxygen atoms in total. The maximum absolute atomic E-state index is 6.86. The zero-order valence-corrected chi connectivity index (χ0v) is 26.0. The smallest absolute Gasteiger partial charge is 0.160 e. The first-order valence-corrected chi connectivity index (χ1v) is 16.1. The Bertz CT molecular complexity index is 2720. The number of para-hydroxylation sites is 2. The summed E-state index contributed by atoms with van der Waals surface area (Å²) in [6, 6.07) is 49.1. The van der Waals surface area contributed by atoms with E-state index in [2.05, 4.69) is 146 Å². The first-order chi connectivity index (χ1) is 23.1. The van der Waals surface area contributed by atoms with Crippen molar-refractivity contribution in [3.05, 3.63) is 151 Å². The number of anilines is 3. The molecule has 6 aromatic carbocycles. The zero-order valence-electron chi connectivity index (χ0n) is 26.0. The molecular formula is C43H29N3O. The van der Waals surface area contributed by atoms with E-state index in [1.807, 2.05) is 12.1 Å². The van der Waals surface area contributed by atoms with Gasteiger partial charge >= 0.3 is 0 Å².